The summed E-state index contributed by atoms with van der Waals surface area (Å²) in [5.41, 5.74) is 0. The lowest BCUT2D eigenvalue weighted by molar-refractivity contribution is -0.480. The highest BCUT2D eigenvalue weighted by Gasteiger charge is 2.02. The van der Waals surface area contributed by atoms with Crippen molar-refractivity contribution >= 4 is 5.78 Å². The summed E-state index contributed by atoms with van der Waals surface area (Å²) in [5, 5.41) is 9.98. The lowest BCUT2D eigenvalue weighted by Gasteiger charge is -1.98. The van der Waals surface area contributed by atoms with Crippen LogP contribution >= 0.6 is 0 Å². The van der Waals surface area contributed by atoms with E-state index < -0.39 is 0 Å². The van der Waals surface area contributed by atoms with Crippen molar-refractivity contribution in [3.63, 3.8) is 0 Å². The third-order valence-electron chi connectivity index (χ3n) is 2.11. The number of rotatable bonds is 9. The minimum absolute atomic E-state index is 0.0309. The second-order valence-electron chi connectivity index (χ2n) is 3.51. The van der Waals surface area contributed by atoms with Crippen molar-refractivity contribution in [2.75, 3.05) is 6.54 Å². The summed E-state index contributed by atoms with van der Waals surface area (Å²) in [5.74, 6) is 0.299. The van der Waals surface area contributed by atoms with Gasteiger partial charge in [-0.1, -0.05) is 13.3 Å². The van der Waals surface area contributed by atoms with Crippen LogP contribution in [0.1, 0.15) is 51.9 Å². The SMILES string of the molecule is CCCCC(=O)CCCCC[N+](=O)[O-]. The molecule has 82 valence electrons. The van der Waals surface area contributed by atoms with Crippen molar-refractivity contribution in [3.05, 3.63) is 10.1 Å². The van der Waals surface area contributed by atoms with Crippen LogP contribution in [-0.2, 0) is 4.79 Å². The fraction of sp³-hybridized carbons (Fsp3) is 0.900. The molecule has 0 radical (unpaired) electrons. The minimum atomic E-state index is -0.307. The maximum atomic E-state index is 11.2. The summed E-state index contributed by atoms with van der Waals surface area (Å²) in [4.78, 5) is 20.8. The Balaban J connectivity index is 3.19. The van der Waals surface area contributed by atoms with Crippen LogP contribution in [0.4, 0.5) is 0 Å². The Morgan fingerprint density at radius 3 is 2.36 bits per heavy atom. The molecule has 0 atom stereocenters. The molecule has 0 unspecified atom stereocenters. The zero-order chi connectivity index (χ0) is 10.8. The Morgan fingerprint density at radius 1 is 1.14 bits per heavy atom. The molecule has 0 amide bonds. The van der Waals surface area contributed by atoms with E-state index in [2.05, 4.69) is 6.92 Å². The first kappa shape index (κ1) is 13.1. The van der Waals surface area contributed by atoms with Crippen LogP contribution in [0.5, 0.6) is 0 Å². The number of hydrogen-bond donors (Lipinski definition) is 0. The number of unbranched alkanes of at least 4 members (excludes halogenated alkanes) is 3. The van der Waals surface area contributed by atoms with Gasteiger partial charge in [0.15, 0.2) is 0 Å². The Kier molecular flexibility index (Phi) is 8.08. The molecule has 0 aromatic rings. The number of carbonyl (C=O) groups is 1. The zero-order valence-corrected chi connectivity index (χ0v) is 8.83. The van der Waals surface area contributed by atoms with Crippen LogP contribution in [-0.4, -0.2) is 17.3 Å². The third kappa shape index (κ3) is 9.16. The standard InChI is InChI=1S/C10H19NO3/c1-2-3-7-10(12)8-5-4-6-9-11(13)14/h2-9H2,1H3. The second kappa shape index (κ2) is 8.66. The van der Waals surface area contributed by atoms with Gasteiger partial charge < -0.3 is 0 Å². The van der Waals surface area contributed by atoms with Gasteiger partial charge in [-0.25, -0.2) is 0 Å². The van der Waals surface area contributed by atoms with Gasteiger partial charge in [-0.2, -0.15) is 0 Å². The molecule has 0 fully saturated rings. The Hall–Kier alpha value is -0.930. The van der Waals surface area contributed by atoms with Gasteiger partial charge in [-0.05, 0) is 19.3 Å². The molecule has 0 spiro atoms. The number of hydrogen-bond acceptors (Lipinski definition) is 3. The summed E-state index contributed by atoms with van der Waals surface area (Å²) >= 11 is 0. The van der Waals surface area contributed by atoms with Crippen LogP contribution in [0.3, 0.4) is 0 Å². The predicted octanol–water partition coefficient (Wildman–Crippen LogP) is 2.58. The van der Waals surface area contributed by atoms with Crippen LogP contribution in [0.25, 0.3) is 0 Å². The molecule has 0 aromatic carbocycles. The maximum Gasteiger partial charge on any atom is 0.203 e. The van der Waals surface area contributed by atoms with E-state index in [1.54, 1.807) is 0 Å². The minimum Gasteiger partial charge on any atom is -0.300 e. The Labute approximate surface area is 84.8 Å². The molecule has 4 nitrogen and oxygen atoms in total. The lowest BCUT2D eigenvalue weighted by atomic mass is 10.1. The largest absolute Gasteiger partial charge is 0.300 e. The molecular weight excluding hydrogens is 182 g/mol. The van der Waals surface area contributed by atoms with Gasteiger partial charge in [0.2, 0.25) is 6.54 Å². The quantitative estimate of drug-likeness (QED) is 0.327. The first-order chi connectivity index (χ1) is 6.66. The number of Topliss-reactive ketones (excluding diaryl/α,β-unsaturated/α-hetero) is 1. The second-order valence-corrected chi connectivity index (χ2v) is 3.51. The summed E-state index contributed by atoms with van der Waals surface area (Å²) in [6, 6.07) is 0. The fourth-order valence-electron chi connectivity index (χ4n) is 1.24. The predicted molar refractivity (Wildman–Crippen MR) is 54.9 cm³/mol. The van der Waals surface area contributed by atoms with E-state index in [9.17, 15) is 14.9 Å². The van der Waals surface area contributed by atoms with Crippen molar-refractivity contribution in [2.45, 2.75) is 51.9 Å². The van der Waals surface area contributed by atoms with Crippen LogP contribution in [0.2, 0.25) is 0 Å². The van der Waals surface area contributed by atoms with E-state index in [0.29, 0.717) is 25.0 Å². The van der Waals surface area contributed by atoms with Crippen molar-refractivity contribution < 1.29 is 9.72 Å². The normalized spacial score (nSPS) is 10.1. The van der Waals surface area contributed by atoms with E-state index >= 15 is 0 Å². The van der Waals surface area contributed by atoms with Crippen molar-refractivity contribution in [2.24, 2.45) is 0 Å². The Bertz CT molecular complexity index is 180. The van der Waals surface area contributed by atoms with Crippen LogP contribution in [0, 0.1) is 10.1 Å². The number of nitro groups is 1. The molecule has 14 heavy (non-hydrogen) atoms. The lowest BCUT2D eigenvalue weighted by Crippen LogP contribution is -2.01. The van der Waals surface area contributed by atoms with Gasteiger partial charge >= 0.3 is 0 Å². The fourth-order valence-corrected chi connectivity index (χ4v) is 1.24. The topological polar surface area (TPSA) is 60.2 Å². The first-order valence-electron chi connectivity index (χ1n) is 5.30. The monoisotopic (exact) mass is 201 g/mol. The Morgan fingerprint density at radius 2 is 1.79 bits per heavy atom. The molecule has 0 aliphatic heterocycles. The van der Waals surface area contributed by atoms with Gasteiger partial charge in [-0.15, -0.1) is 0 Å². The molecular formula is C10H19NO3. The molecule has 0 aliphatic carbocycles. The van der Waals surface area contributed by atoms with E-state index in [0.717, 1.165) is 25.7 Å². The molecule has 0 saturated carbocycles. The van der Waals surface area contributed by atoms with Crippen molar-refractivity contribution in [1.29, 1.82) is 0 Å². The highest BCUT2D eigenvalue weighted by Crippen LogP contribution is 2.05. The van der Waals surface area contributed by atoms with E-state index in [4.69, 9.17) is 0 Å². The van der Waals surface area contributed by atoms with Crippen LogP contribution in [0.15, 0.2) is 0 Å². The van der Waals surface area contributed by atoms with E-state index in [1.165, 1.54) is 0 Å². The third-order valence-corrected chi connectivity index (χ3v) is 2.11. The highest BCUT2D eigenvalue weighted by molar-refractivity contribution is 5.78. The molecule has 0 N–H and O–H groups in total. The van der Waals surface area contributed by atoms with Gasteiger partial charge in [0.25, 0.3) is 0 Å². The summed E-state index contributed by atoms with van der Waals surface area (Å²) in [7, 11) is 0. The van der Waals surface area contributed by atoms with Crippen molar-refractivity contribution in [3.8, 4) is 0 Å². The summed E-state index contributed by atoms with van der Waals surface area (Å²) in [6.45, 7) is 2.09. The average Bonchev–Trinajstić information content (AvgIpc) is 2.13. The van der Waals surface area contributed by atoms with Gasteiger partial charge in [-0.3, -0.25) is 14.9 Å². The molecule has 0 bridgehead atoms. The molecule has 0 aromatic heterocycles. The molecule has 0 saturated heterocycles. The molecule has 0 heterocycles. The average molecular weight is 201 g/mol. The smallest absolute Gasteiger partial charge is 0.203 e. The zero-order valence-electron chi connectivity index (χ0n) is 8.83. The number of ketones is 1. The van der Waals surface area contributed by atoms with Gasteiger partial charge in [0, 0.05) is 24.2 Å². The van der Waals surface area contributed by atoms with Gasteiger partial charge in [0.05, 0.1) is 0 Å². The highest BCUT2D eigenvalue weighted by atomic mass is 16.6. The summed E-state index contributed by atoms with van der Waals surface area (Å²) in [6.07, 6.45) is 5.47. The number of nitrogens with zero attached hydrogens (tertiary/aromatic N) is 1. The first-order valence-corrected chi connectivity index (χ1v) is 5.30. The number of carbonyl (C=O) groups excluding carboxylic acids is 1. The molecule has 4 heteroatoms. The van der Waals surface area contributed by atoms with Gasteiger partial charge in [0.1, 0.15) is 5.78 Å². The maximum absolute atomic E-state index is 11.2. The van der Waals surface area contributed by atoms with E-state index in [-0.39, 0.29) is 11.5 Å². The van der Waals surface area contributed by atoms with Crippen molar-refractivity contribution in [1.82, 2.24) is 0 Å². The summed E-state index contributed by atoms with van der Waals surface area (Å²) < 4.78 is 0. The van der Waals surface area contributed by atoms with Crippen LogP contribution < -0.4 is 0 Å². The van der Waals surface area contributed by atoms with E-state index in [1.807, 2.05) is 0 Å². The molecule has 0 aliphatic rings. The molecule has 0 rings (SSSR count).